The van der Waals surface area contributed by atoms with Gasteiger partial charge in [0.25, 0.3) is 0 Å². The molecule has 1 aromatic carbocycles. The molecule has 0 aromatic heterocycles. The van der Waals surface area contributed by atoms with Gasteiger partial charge in [-0.1, -0.05) is 0 Å². The van der Waals surface area contributed by atoms with E-state index in [1.54, 1.807) is 0 Å². The zero-order valence-electron chi connectivity index (χ0n) is 8.76. The van der Waals surface area contributed by atoms with Gasteiger partial charge in [0.05, 0.1) is 10.5 Å². The lowest BCUT2D eigenvalue weighted by Gasteiger charge is -2.30. The zero-order chi connectivity index (χ0) is 12.6. The lowest BCUT2D eigenvalue weighted by Crippen LogP contribution is -2.42. The third-order valence-electron chi connectivity index (χ3n) is 2.61. The van der Waals surface area contributed by atoms with Crippen LogP contribution in [0.2, 0.25) is 0 Å². The predicted molar refractivity (Wildman–Crippen MR) is 64.5 cm³/mol. The van der Waals surface area contributed by atoms with Gasteiger partial charge in [0.15, 0.2) is 0 Å². The second-order valence-electron chi connectivity index (χ2n) is 3.71. The molecule has 0 spiro atoms. The van der Waals surface area contributed by atoms with Crippen LogP contribution in [-0.2, 0) is 10.0 Å². The molecule has 0 amide bonds. The third kappa shape index (κ3) is 2.22. The van der Waals surface area contributed by atoms with Gasteiger partial charge >= 0.3 is 5.97 Å². The summed E-state index contributed by atoms with van der Waals surface area (Å²) in [7, 11) is -3.57. The van der Waals surface area contributed by atoms with Crippen LogP contribution in [0.4, 0.5) is 0 Å². The molecule has 7 heteroatoms. The van der Waals surface area contributed by atoms with Gasteiger partial charge in [-0.15, -0.1) is 0 Å². The van der Waals surface area contributed by atoms with E-state index in [0.717, 1.165) is 6.42 Å². The van der Waals surface area contributed by atoms with Crippen molar-refractivity contribution >= 4 is 31.9 Å². The molecule has 0 unspecified atom stereocenters. The average molecular weight is 320 g/mol. The molecule has 1 fully saturated rings. The van der Waals surface area contributed by atoms with Gasteiger partial charge in [0.1, 0.15) is 0 Å². The van der Waals surface area contributed by atoms with Gasteiger partial charge in [-0.05, 0) is 40.5 Å². The number of hydrogen-bond acceptors (Lipinski definition) is 3. The molecule has 1 aliphatic heterocycles. The van der Waals surface area contributed by atoms with E-state index >= 15 is 0 Å². The first-order valence-corrected chi connectivity index (χ1v) is 7.19. The molecule has 5 nitrogen and oxygen atoms in total. The Morgan fingerprint density at radius 1 is 1.35 bits per heavy atom. The Bertz CT molecular complexity index is 566. The number of nitrogens with zero attached hydrogens (tertiary/aromatic N) is 1. The maximum absolute atomic E-state index is 12.1. The third-order valence-corrected chi connectivity index (χ3v) is 5.50. The number of carboxylic acids is 1. The highest BCUT2D eigenvalue weighted by molar-refractivity contribution is 9.10. The van der Waals surface area contributed by atoms with E-state index in [0.29, 0.717) is 17.6 Å². The average Bonchev–Trinajstić information content (AvgIpc) is 2.13. The monoisotopic (exact) mass is 319 g/mol. The van der Waals surface area contributed by atoms with Crippen molar-refractivity contribution in [3.63, 3.8) is 0 Å². The summed E-state index contributed by atoms with van der Waals surface area (Å²) in [5.74, 6) is -1.14. The van der Waals surface area contributed by atoms with E-state index in [1.165, 1.54) is 22.5 Å². The minimum absolute atomic E-state index is 0.0112. The highest BCUT2D eigenvalue weighted by atomic mass is 79.9. The minimum Gasteiger partial charge on any atom is -0.478 e. The topological polar surface area (TPSA) is 74.7 Å². The normalized spacial score (nSPS) is 16.5. The van der Waals surface area contributed by atoms with Crippen molar-refractivity contribution < 1.29 is 18.3 Å². The Kier molecular flexibility index (Phi) is 3.24. The van der Waals surface area contributed by atoms with Gasteiger partial charge in [0, 0.05) is 17.6 Å². The molecular weight excluding hydrogens is 310 g/mol. The summed E-state index contributed by atoms with van der Waals surface area (Å²) in [6.07, 6.45) is 0.843. The Morgan fingerprint density at radius 2 is 2.00 bits per heavy atom. The van der Waals surface area contributed by atoms with Crippen LogP contribution < -0.4 is 0 Å². The highest BCUT2D eigenvalue weighted by Crippen LogP contribution is 2.28. The number of benzene rings is 1. The Labute approximate surface area is 107 Å². The smallest absolute Gasteiger partial charge is 0.335 e. The summed E-state index contributed by atoms with van der Waals surface area (Å²) < 4.78 is 25.9. The lowest BCUT2D eigenvalue weighted by molar-refractivity contribution is 0.0696. The van der Waals surface area contributed by atoms with Crippen LogP contribution >= 0.6 is 15.9 Å². The molecule has 1 saturated heterocycles. The summed E-state index contributed by atoms with van der Waals surface area (Å²) in [5.41, 5.74) is -0.0349. The first-order chi connectivity index (χ1) is 7.93. The van der Waals surface area contributed by atoms with Gasteiger partial charge in [0.2, 0.25) is 10.0 Å². The molecule has 0 atom stereocenters. The zero-order valence-corrected chi connectivity index (χ0v) is 11.2. The summed E-state index contributed by atoms with van der Waals surface area (Å²) in [6.45, 7) is 0.984. The first-order valence-electron chi connectivity index (χ1n) is 4.96. The van der Waals surface area contributed by atoms with Crippen molar-refractivity contribution in [2.45, 2.75) is 11.3 Å². The number of sulfonamides is 1. The van der Waals surface area contributed by atoms with Crippen molar-refractivity contribution in [1.82, 2.24) is 4.31 Å². The van der Waals surface area contributed by atoms with Crippen molar-refractivity contribution in [3.05, 3.63) is 28.2 Å². The van der Waals surface area contributed by atoms with Gasteiger partial charge in [-0.25, -0.2) is 13.2 Å². The number of aromatic carboxylic acids is 1. The molecule has 1 aliphatic rings. The summed E-state index contributed by atoms with van der Waals surface area (Å²) in [6, 6.07) is 3.98. The largest absolute Gasteiger partial charge is 0.478 e. The Morgan fingerprint density at radius 3 is 2.47 bits per heavy atom. The molecular formula is C10H10BrNO4S. The lowest BCUT2D eigenvalue weighted by atomic mass is 10.2. The summed E-state index contributed by atoms with van der Waals surface area (Å²) in [5, 5.41) is 8.85. The molecule has 0 bridgehead atoms. The van der Waals surface area contributed by atoms with Gasteiger partial charge in [-0.2, -0.15) is 4.31 Å². The fraction of sp³-hybridized carbons (Fsp3) is 0.300. The van der Waals surface area contributed by atoms with Crippen LogP contribution in [0.3, 0.4) is 0 Å². The van der Waals surface area contributed by atoms with Crippen molar-refractivity contribution in [2.75, 3.05) is 13.1 Å². The number of carbonyl (C=O) groups is 1. The Hall–Kier alpha value is -0.920. The fourth-order valence-corrected chi connectivity index (χ4v) is 3.97. The fourth-order valence-electron chi connectivity index (χ4n) is 1.50. The maximum Gasteiger partial charge on any atom is 0.335 e. The van der Waals surface area contributed by atoms with Crippen LogP contribution in [0.15, 0.2) is 27.6 Å². The molecule has 2 rings (SSSR count). The molecule has 1 N–H and O–H groups in total. The van der Waals surface area contributed by atoms with Crippen LogP contribution in [0, 0.1) is 0 Å². The molecule has 0 radical (unpaired) electrons. The quantitative estimate of drug-likeness (QED) is 0.917. The van der Waals surface area contributed by atoms with Crippen molar-refractivity contribution in [1.29, 1.82) is 0 Å². The maximum atomic E-state index is 12.1. The van der Waals surface area contributed by atoms with E-state index in [1.807, 2.05) is 0 Å². The molecule has 1 heterocycles. The SMILES string of the molecule is O=C(O)c1ccc(Br)c(S(=O)(=O)N2CCC2)c1. The summed E-state index contributed by atoms with van der Waals surface area (Å²) in [4.78, 5) is 10.8. The number of halogens is 1. The van der Waals surface area contributed by atoms with Crippen LogP contribution in [-0.4, -0.2) is 36.9 Å². The van der Waals surface area contributed by atoms with E-state index in [4.69, 9.17) is 5.11 Å². The minimum atomic E-state index is -3.57. The summed E-state index contributed by atoms with van der Waals surface area (Å²) >= 11 is 3.14. The molecule has 17 heavy (non-hydrogen) atoms. The number of rotatable bonds is 3. The van der Waals surface area contributed by atoms with E-state index < -0.39 is 16.0 Å². The van der Waals surface area contributed by atoms with Crippen molar-refractivity contribution in [3.8, 4) is 0 Å². The van der Waals surface area contributed by atoms with E-state index in [9.17, 15) is 13.2 Å². The van der Waals surface area contributed by atoms with Gasteiger partial charge < -0.3 is 5.11 Å². The predicted octanol–water partition coefficient (Wildman–Crippen LogP) is 1.54. The molecule has 92 valence electrons. The van der Waals surface area contributed by atoms with Crippen LogP contribution in [0.25, 0.3) is 0 Å². The molecule has 1 aromatic rings. The standard InChI is InChI=1S/C10H10BrNO4S/c11-8-3-2-7(10(13)14)6-9(8)17(15,16)12-4-1-5-12/h2-3,6H,1,4-5H2,(H,13,14). The molecule has 0 saturated carbocycles. The van der Waals surface area contributed by atoms with Gasteiger partial charge in [-0.3, -0.25) is 0 Å². The van der Waals surface area contributed by atoms with Crippen LogP contribution in [0.5, 0.6) is 0 Å². The number of carboxylic acid groups (broad SMARTS) is 1. The second-order valence-corrected chi connectivity index (χ2v) is 6.47. The number of hydrogen-bond donors (Lipinski definition) is 1. The molecule has 0 aliphatic carbocycles. The highest BCUT2D eigenvalue weighted by Gasteiger charge is 2.31. The van der Waals surface area contributed by atoms with E-state index in [2.05, 4.69) is 15.9 Å². The second kappa shape index (κ2) is 4.40. The van der Waals surface area contributed by atoms with Crippen molar-refractivity contribution in [2.24, 2.45) is 0 Å². The Balaban J connectivity index is 2.50. The first kappa shape index (κ1) is 12.5. The van der Waals surface area contributed by atoms with E-state index in [-0.39, 0.29) is 10.5 Å². The van der Waals surface area contributed by atoms with Crippen LogP contribution in [0.1, 0.15) is 16.8 Å².